The molecule has 0 aliphatic rings. The highest BCUT2D eigenvalue weighted by atomic mass is 14.1. The van der Waals surface area contributed by atoms with Gasteiger partial charge in [0.05, 0.1) is 0 Å². The molecule has 0 N–H and O–H groups in total. The zero-order valence-electron chi connectivity index (χ0n) is 82.7. The summed E-state index contributed by atoms with van der Waals surface area (Å²) in [5.41, 5.74) is 13.4. The highest BCUT2D eigenvalue weighted by Gasteiger charge is 2.10. The van der Waals surface area contributed by atoms with Gasteiger partial charge in [0.25, 0.3) is 0 Å². The van der Waals surface area contributed by atoms with Crippen molar-refractivity contribution in [3.05, 3.63) is 577 Å². The second kappa shape index (κ2) is 43.7. The molecule has 0 heterocycles. The Labute approximate surface area is 834 Å². The largest absolute Gasteiger partial charge is 0.0616 e. The third-order valence-corrected chi connectivity index (χ3v) is 27.5. The van der Waals surface area contributed by atoms with Crippen LogP contribution in [0.3, 0.4) is 0 Å². The van der Waals surface area contributed by atoms with Crippen LogP contribution in [0.5, 0.6) is 0 Å². The molecule has 0 nitrogen and oxygen atoms in total. The van der Waals surface area contributed by atoms with Gasteiger partial charge in [-0.2, -0.15) is 0 Å². The lowest BCUT2D eigenvalue weighted by atomic mass is 9.98. The van der Waals surface area contributed by atoms with Crippen molar-refractivity contribution in [3.8, 4) is 0 Å². The molecule has 0 unspecified atom stereocenters. The highest BCUT2D eigenvalue weighted by molar-refractivity contribution is 6.13. The Hall–Kier alpha value is -17.2. The number of hydrogen-bond acceptors (Lipinski definition) is 0. The molecular weight excluding hydrogens is 1710 g/mol. The van der Waals surface area contributed by atoms with E-state index in [-0.39, 0.29) is 0 Å². The lowest BCUT2D eigenvalue weighted by molar-refractivity contribution is 1.51. The van der Waals surface area contributed by atoms with Gasteiger partial charge in [-0.05, 0) is 327 Å². The number of aryl methyl sites for hydroxylation is 10. The number of fused-ring (bicyclic) bond motifs is 23. The molecule has 684 valence electrons. The lowest BCUT2D eigenvalue weighted by Gasteiger charge is -2.06. The summed E-state index contributed by atoms with van der Waals surface area (Å²) in [7, 11) is 0. The molecule has 142 heavy (non-hydrogen) atoms. The minimum atomic E-state index is 1.31. The predicted octanol–water partition coefficient (Wildman–Crippen LogP) is 40.7. The highest BCUT2D eigenvalue weighted by Crippen LogP contribution is 2.36. The summed E-state index contributed by atoms with van der Waals surface area (Å²) >= 11 is 0. The zero-order chi connectivity index (χ0) is 97.4. The SMILES string of the molecule is Cc1c2ccccc2cc2ccccc12.Cc1cc2ccccc2c2ccccc12.Cc1ccc2c(ccc3ccccc32)c1.Cc1ccc2cc3ccccc3cc2c1.Cc1ccc2ccc3ccccc3c2c1.Cc1ccc2ccccc2c1.Cc1cccc2c1ccc1ccccc12.Cc1cccc2cc3ccccc3cc12.Cc1cccc2ccc3ccccc3c12.Cc1cccc2ccccc12. The van der Waals surface area contributed by atoms with Crippen molar-refractivity contribution < 1.29 is 0 Å². The smallest absolute Gasteiger partial charge is 0.00761 e. The zero-order valence-corrected chi connectivity index (χ0v) is 82.7. The number of benzene rings is 28. The predicted molar refractivity (Wildman–Crippen MR) is 627 cm³/mol. The van der Waals surface area contributed by atoms with Gasteiger partial charge in [0.2, 0.25) is 0 Å². The van der Waals surface area contributed by atoms with Crippen molar-refractivity contribution >= 4 is 194 Å². The van der Waals surface area contributed by atoms with Crippen molar-refractivity contribution in [2.24, 2.45) is 0 Å². The normalized spacial score (nSPS) is 10.9. The molecule has 0 heteroatoms. The standard InChI is InChI=1S/8C15H12.2C11H10/c1-11-14-8-4-2-6-12(14)10-13-7-3-5-9-15(11)13;1-11-5-4-7-13-10-9-12-6-2-3-8-14(12)15(11)13;1-11-10-12-6-2-3-8-14(12)15-9-5-4-7-13(11)15;1-11-5-4-8-14-9-12-6-2-3-7-13(12)10-15(11)14;1-11-5-4-8-15-13(11)10-9-12-6-2-3-7-14(12)15;1-11-6-9-15-13(10-11)8-7-12-4-2-3-5-14(12)15;1-11-6-7-14-9-12-4-2-3-5-13(12)10-15(14)8-11;1-11-6-7-13-9-8-12-4-2-3-5-14(12)15(13)10-11;1-9-5-4-7-10-6-2-3-8-11(9)10;1-9-6-7-10-4-2-3-5-11(10)8-9/h8*2-10H,1H3;2*2-8H,1H3. The van der Waals surface area contributed by atoms with Crippen molar-refractivity contribution in [2.75, 3.05) is 0 Å². The van der Waals surface area contributed by atoms with Crippen LogP contribution in [0.1, 0.15) is 55.6 Å². The van der Waals surface area contributed by atoms with Crippen molar-refractivity contribution in [1.82, 2.24) is 0 Å². The summed E-state index contributed by atoms with van der Waals surface area (Å²) in [6, 6.07) is 186. The fraction of sp³-hybridized carbons (Fsp3) is 0.0704. The van der Waals surface area contributed by atoms with Crippen LogP contribution in [0.15, 0.2) is 522 Å². The average molecular weight is 1820 g/mol. The van der Waals surface area contributed by atoms with Gasteiger partial charge < -0.3 is 0 Å². The van der Waals surface area contributed by atoms with Gasteiger partial charge in [0.15, 0.2) is 0 Å². The van der Waals surface area contributed by atoms with Crippen LogP contribution in [-0.4, -0.2) is 0 Å². The first-order valence-corrected chi connectivity index (χ1v) is 49.5. The van der Waals surface area contributed by atoms with E-state index >= 15 is 0 Å². The van der Waals surface area contributed by atoms with Crippen LogP contribution in [0.2, 0.25) is 0 Å². The molecule has 0 atom stereocenters. The molecule has 0 aliphatic heterocycles. The monoisotopic (exact) mass is 1820 g/mol. The Kier molecular flexibility index (Phi) is 28.9. The van der Waals surface area contributed by atoms with E-state index in [2.05, 4.69) is 591 Å². The Morgan fingerprint density at radius 1 is 0.0915 bits per heavy atom. The maximum absolute atomic E-state index is 2.28. The molecule has 28 rings (SSSR count). The summed E-state index contributed by atoms with van der Waals surface area (Å²) in [4.78, 5) is 0. The van der Waals surface area contributed by atoms with Crippen LogP contribution in [0.25, 0.3) is 194 Å². The Bertz CT molecular complexity index is 9170. The van der Waals surface area contributed by atoms with Gasteiger partial charge in [-0.1, -0.05) is 514 Å². The van der Waals surface area contributed by atoms with Gasteiger partial charge in [0.1, 0.15) is 0 Å². The topological polar surface area (TPSA) is 0 Å². The quantitative estimate of drug-likeness (QED) is 0.105. The van der Waals surface area contributed by atoms with Crippen molar-refractivity contribution in [1.29, 1.82) is 0 Å². The summed E-state index contributed by atoms with van der Waals surface area (Å²) in [6.45, 7) is 21.5. The van der Waals surface area contributed by atoms with E-state index in [9.17, 15) is 0 Å². The third-order valence-electron chi connectivity index (χ3n) is 27.5. The van der Waals surface area contributed by atoms with Crippen molar-refractivity contribution in [3.63, 3.8) is 0 Å². The fourth-order valence-electron chi connectivity index (χ4n) is 20.1. The Morgan fingerprint density at radius 3 is 0.866 bits per heavy atom. The average Bonchev–Trinajstić information content (AvgIpc) is 0.776. The van der Waals surface area contributed by atoms with Crippen LogP contribution in [0, 0.1) is 69.2 Å². The van der Waals surface area contributed by atoms with E-state index in [0.717, 1.165) is 0 Å². The number of rotatable bonds is 0. The number of hydrogen-bond donors (Lipinski definition) is 0. The first-order valence-electron chi connectivity index (χ1n) is 49.5. The second-order valence-electron chi connectivity index (χ2n) is 37.5. The molecule has 0 saturated carbocycles. The second-order valence-corrected chi connectivity index (χ2v) is 37.5. The summed E-state index contributed by atoms with van der Waals surface area (Å²) < 4.78 is 0. The van der Waals surface area contributed by atoms with E-state index in [1.807, 2.05) is 0 Å². The van der Waals surface area contributed by atoms with E-state index in [4.69, 9.17) is 0 Å². The van der Waals surface area contributed by atoms with Gasteiger partial charge >= 0.3 is 0 Å². The molecule has 28 aromatic carbocycles. The molecule has 28 aromatic rings. The minimum absolute atomic E-state index is 1.31. The van der Waals surface area contributed by atoms with Crippen molar-refractivity contribution in [2.45, 2.75) is 69.2 Å². The van der Waals surface area contributed by atoms with Gasteiger partial charge in [-0.15, -0.1) is 0 Å². The van der Waals surface area contributed by atoms with Crippen LogP contribution >= 0.6 is 0 Å². The lowest BCUT2D eigenvalue weighted by Crippen LogP contribution is -1.81. The third kappa shape index (κ3) is 21.6. The Morgan fingerprint density at radius 2 is 0.324 bits per heavy atom. The fourth-order valence-corrected chi connectivity index (χ4v) is 20.1. The summed E-state index contributed by atoms with van der Waals surface area (Å²) in [5.74, 6) is 0. The first kappa shape index (κ1) is 93.8. The van der Waals surface area contributed by atoms with Crippen LogP contribution < -0.4 is 0 Å². The van der Waals surface area contributed by atoms with Gasteiger partial charge in [0, 0.05) is 0 Å². The van der Waals surface area contributed by atoms with Gasteiger partial charge in [-0.25, -0.2) is 0 Å². The molecule has 0 radical (unpaired) electrons. The molecule has 0 aromatic heterocycles. The van der Waals surface area contributed by atoms with E-state index < -0.39 is 0 Å². The maximum Gasteiger partial charge on any atom is -0.00761 e. The molecule has 0 amide bonds. The summed E-state index contributed by atoms with van der Waals surface area (Å²) in [6.07, 6.45) is 0. The van der Waals surface area contributed by atoms with E-state index in [0.29, 0.717) is 0 Å². The summed E-state index contributed by atoms with van der Waals surface area (Å²) in [5, 5.41) is 48.1. The van der Waals surface area contributed by atoms with E-state index in [1.165, 1.54) is 250 Å². The Balaban J connectivity index is 0.000000100. The molecule has 0 aliphatic carbocycles. The maximum atomic E-state index is 2.28. The molecule has 0 fully saturated rings. The van der Waals surface area contributed by atoms with E-state index in [1.54, 1.807) is 0 Å². The van der Waals surface area contributed by atoms with Crippen LogP contribution in [-0.2, 0) is 0 Å². The molecule has 0 saturated heterocycles. The molecule has 0 spiro atoms. The molecular formula is C142H116. The minimum Gasteiger partial charge on any atom is -0.0616 e. The van der Waals surface area contributed by atoms with Crippen LogP contribution in [0.4, 0.5) is 0 Å². The first-order chi connectivity index (χ1) is 69.5. The molecule has 0 bridgehead atoms. The van der Waals surface area contributed by atoms with Gasteiger partial charge in [-0.3, -0.25) is 0 Å².